The van der Waals surface area contributed by atoms with Crippen molar-refractivity contribution >= 4 is 81.2 Å². The number of aromatic amines is 1. The van der Waals surface area contributed by atoms with Gasteiger partial charge in [0.05, 0.1) is 36.8 Å². The molecule has 0 spiro atoms. The lowest BCUT2D eigenvalue weighted by molar-refractivity contribution is -0.143. The number of aliphatic hydroxyl groups is 2. The Bertz CT molecular complexity index is 3130. The van der Waals surface area contributed by atoms with Crippen molar-refractivity contribution in [2.45, 2.75) is 141 Å². The normalized spacial score (nSPS) is 16.9. The molecule has 88 heavy (non-hydrogen) atoms. The standard InChI is InChI=1S/C64H86N10O14/c1-36(2)22-42(61(86)72-52(16-11-21-69-64(67)68-5)54(80)28-41(59(66)84)26-46-33-70-51-15-10-9-14-50(46)51)27-48(78)34-71-60(85)43(24-39-12-7-6-8-13-39)30-56(82)58(38(4)76)73-62(87)44(31-57(65)83)29-55(81)53-32-49(79)35-74(53)63(88)45(23-37(3)75)25-40-17-19-47(77)20-18-40/h6-10,12-15,17-20,33,36,38,41-45,49,52-53,58,70,76-77,79H,11,16,21-32,34-35H2,1-5H3,(H2,65,83)(H2,66,84)(H,71,85)(H,72,86)(H,73,87)(H3,67,68,69)/t38-,41-,42-,43-,44+,45-,49-,52+,53+,58+/m1/s1. The fourth-order valence-corrected chi connectivity index (χ4v) is 11.2. The van der Waals surface area contributed by atoms with Crippen LogP contribution >= 0.6 is 0 Å². The SMILES string of the molecule is CN=C(N)NCCC[C@H](NC(=O)[C@@H](CC(=O)CNC(=O)[C@@H](CC(=O)[C@@H](NC(=O)[C@H](CC(N)=O)CC(=O)[C@@H]1C[C@@H](O)CN1C(=O)[C@H](CC(C)=O)Cc1ccc(O)cc1)[C@@H](C)O)Cc1ccccc1)CC(C)C)C(=O)C[C@@H](Cc1c[nH]c2ccccc12)C(N)=O. The highest BCUT2D eigenvalue weighted by Crippen LogP contribution is 2.29. The predicted octanol–water partition coefficient (Wildman–Crippen LogP) is 1.95. The van der Waals surface area contributed by atoms with Crippen LogP contribution in [0.4, 0.5) is 0 Å². The van der Waals surface area contributed by atoms with E-state index in [1.54, 1.807) is 48.7 Å². The van der Waals surface area contributed by atoms with Gasteiger partial charge in [-0.25, -0.2) is 0 Å². The molecule has 1 aliphatic heterocycles. The molecule has 0 aliphatic carbocycles. The van der Waals surface area contributed by atoms with Crippen molar-refractivity contribution in [1.82, 2.24) is 31.2 Å². The predicted molar refractivity (Wildman–Crippen MR) is 327 cm³/mol. The number of aliphatic hydroxyl groups excluding tert-OH is 2. The number of hydrogen-bond donors (Lipinski definition) is 11. The number of benzene rings is 3. The Morgan fingerprint density at radius 1 is 0.693 bits per heavy atom. The van der Waals surface area contributed by atoms with Crippen LogP contribution in [0.25, 0.3) is 10.9 Å². The number of para-hydroxylation sites is 1. The molecule has 0 bridgehead atoms. The molecule has 24 heteroatoms. The van der Waals surface area contributed by atoms with E-state index >= 15 is 0 Å². The van der Waals surface area contributed by atoms with E-state index in [9.17, 15) is 68.1 Å². The number of carbonyl (C=O) groups excluding carboxylic acids is 11. The minimum absolute atomic E-state index is 0.0116. The zero-order valence-corrected chi connectivity index (χ0v) is 50.7. The van der Waals surface area contributed by atoms with Gasteiger partial charge in [0, 0.05) is 106 Å². The number of primary amides is 2. The summed E-state index contributed by atoms with van der Waals surface area (Å²) in [5, 5.41) is 43.2. The maximum Gasteiger partial charge on any atom is 0.227 e. The molecule has 1 saturated heterocycles. The van der Waals surface area contributed by atoms with E-state index < -0.39 is 144 Å². The van der Waals surface area contributed by atoms with Crippen LogP contribution in [-0.2, 0) is 72.0 Å². The molecule has 0 unspecified atom stereocenters. The number of guanidine groups is 1. The molecule has 2 heterocycles. The van der Waals surface area contributed by atoms with Gasteiger partial charge in [-0.05, 0) is 93.2 Å². The number of phenols is 1. The zero-order valence-electron chi connectivity index (χ0n) is 50.7. The fourth-order valence-electron chi connectivity index (χ4n) is 11.2. The number of aromatic hydroxyl groups is 1. The number of aromatic nitrogens is 1. The topological polar surface area (TPSA) is 406 Å². The van der Waals surface area contributed by atoms with Gasteiger partial charge in [0.15, 0.2) is 29.1 Å². The summed E-state index contributed by atoms with van der Waals surface area (Å²) < 4.78 is 0. The second-order valence-corrected chi connectivity index (χ2v) is 23.6. The summed E-state index contributed by atoms with van der Waals surface area (Å²) in [5.41, 5.74) is 20.1. The first kappa shape index (κ1) is 70.1. The second-order valence-electron chi connectivity index (χ2n) is 23.6. The quantitative estimate of drug-likeness (QED) is 0.0175. The maximum absolute atomic E-state index is 14.3. The number of nitrogens with zero attached hydrogens (tertiary/aromatic N) is 2. The molecule has 3 aromatic carbocycles. The maximum atomic E-state index is 14.3. The van der Waals surface area contributed by atoms with E-state index in [0.29, 0.717) is 24.1 Å². The van der Waals surface area contributed by atoms with Gasteiger partial charge >= 0.3 is 0 Å². The van der Waals surface area contributed by atoms with Gasteiger partial charge in [0.2, 0.25) is 35.4 Å². The number of rotatable bonds is 37. The van der Waals surface area contributed by atoms with Crippen molar-refractivity contribution in [2.24, 2.45) is 57.7 Å². The Morgan fingerprint density at radius 2 is 1.33 bits per heavy atom. The number of carbonyl (C=O) groups is 11. The van der Waals surface area contributed by atoms with Crippen molar-refractivity contribution in [1.29, 1.82) is 0 Å². The molecule has 0 saturated carbocycles. The number of hydrogen-bond acceptors (Lipinski definition) is 15. The highest BCUT2D eigenvalue weighted by atomic mass is 16.3. The minimum atomic E-state index is -1.70. The molecule has 24 nitrogen and oxygen atoms in total. The lowest BCUT2D eigenvalue weighted by Gasteiger charge is -2.29. The highest BCUT2D eigenvalue weighted by molar-refractivity contribution is 5.99. The third-order valence-electron chi connectivity index (χ3n) is 15.7. The average Bonchev–Trinajstić information content (AvgIpc) is 3.98. The fraction of sp³-hybridized carbons (Fsp3) is 0.500. The number of nitrogens with two attached hydrogens (primary N) is 3. The molecule has 10 atom stereocenters. The third-order valence-corrected chi connectivity index (χ3v) is 15.7. The van der Waals surface area contributed by atoms with Crippen molar-refractivity contribution < 1.29 is 68.1 Å². The van der Waals surface area contributed by atoms with Crippen molar-refractivity contribution in [2.75, 3.05) is 26.7 Å². The molecule has 5 rings (SSSR count). The number of likely N-dealkylation sites (tertiary alicyclic amines) is 1. The monoisotopic (exact) mass is 1220 g/mol. The zero-order chi connectivity index (χ0) is 64.8. The lowest BCUT2D eigenvalue weighted by Crippen LogP contribution is -2.52. The summed E-state index contributed by atoms with van der Waals surface area (Å²) >= 11 is 0. The Labute approximate surface area is 512 Å². The molecule has 1 fully saturated rings. The number of aliphatic imine (C=N–C) groups is 1. The van der Waals surface area contributed by atoms with E-state index in [-0.39, 0.29) is 87.7 Å². The summed E-state index contributed by atoms with van der Waals surface area (Å²) in [6.45, 7) is 5.69. The van der Waals surface area contributed by atoms with Gasteiger partial charge in [0.25, 0.3) is 0 Å². The van der Waals surface area contributed by atoms with Crippen molar-refractivity contribution in [3.05, 3.63) is 102 Å². The largest absolute Gasteiger partial charge is 0.508 e. The van der Waals surface area contributed by atoms with Crippen LogP contribution in [0.15, 0.2) is 90.1 Å². The molecular weight excluding hydrogens is 1130 g/mol. The molecule has 0 radical (unpaired) electrons. The summed E-state index contributed by atoms with van der Waals surface area (Å²) in [6, 6.07) is 18.0. The van der Waals surface area contributed by atoms with Crippen LogP contribution in [0.5, 0.6) is 5.75 Å². The Hall–Kier alpha value is -8.64. The Kier molecular flexibility index (Phi) is 27.1. The van der Waals surface area contributed by atoms with Crippen LogP contribution in [0, 0.1) is 35.5 Å². The van der Waals surface area contributed by atoms with E-state index in [4.69, 9.17) is 17.2 Å². The van der Waals surface area contributed by atoms with E-state index in [2.05, 4.69) is 31.2 Å². The molecule has 1 aliphatic rings. The molecule has 4 aromatic rings. The van der Waals surface area contributed by atoms with Crippen molar-refractivity contribution in [3.8, 4) is 5.75 Å². The molecule has 1 aromatic heterocycles. The van der Waals surface area contributed by atoms with Crippen LogP contribution in [-0.4, -0.2) is 153 Å². The number of H-pyrrole nitrogens is 1. The average molecular weight is 1220 g/mol. The molecule has 14 N–H and O–H groups in total. The van der Waals surface area contributed by atoms with Crippen molar-refractivity contribution in [3.63, 3.8) is 0 Å². The second kappa shape index (κ2) is 34.0. The summed E-state index contributed by atoms with van der Waals surface area (Å²) in [7, 11) is 1.50. The van der Waals surface area contributed by atoms with Gasteiger partial charge in [-0.1, -0.05) is 74.5 Å². The van der Waals surface area contributed by atoms with Gasteiger partial charge in [0.1, 0.15) is 17.6 Å². The molecular formula is C64H86N10O14. The summed E-state index contributed by atoms with van der Waals surface area (Å²) in [5.74, 6) is -13.1. The lowest BCUT2D eigenvalue weighted by atomic mass is 9.88. The van der Waals surface area contributed by atoms with E-state index in [1.165, 1.54) is 33.0 Å². The number of amides is 6. The Morgan fingerprint density at radius 3 is 1.97 bits per heavy atom. The van der Waals surface area contributed by atoms with Gasteiger partial charge in [-0.3, -0.25) is 52.9 Å². The number of phenolic OH excluding ortho intramolecular Hbond substituents is 1. The van der Waals surface area contributed by atoms with Crippen LogP contribution in [0.1, 0.15) is 109 Å². The number of fused-ring (bicyclic) bond motifs is 1. The minimum Gasteiger partial charge on any atom is -0.508 e. The van der Waals surface area contributed by atoms with Gasteiger partial charge in [-0.2, -0.15) is 0 Å². The van der Waals surface area contributed by atoms with E-state index in [1.807, 2.05) is 38.1 Å². The third kappa shape index (κ3) is 21.9. The molecule has 476 valence electrons. The number of β-amino-alcohol motifs (C(OH)–C–C–N with tert-alkyl or cyclic N) is 1. The van der Waals surface area contributed by atoms with Crippen LogP contribution < -0.4 is 38.5 Å². The molecule has 6 amide bonds. The smallest absolute Gasteiger partial charge is 0.227 e. The first-order chi connectivity index (χ1) is 41.7. The first-order valence-corrected chi connectivity index (χ1v) is 29.8. The highest BCUT2D eigenvalue weighted by Gasteiger charge is 2.43. The summed E-state index contributed by atoms with van der Waals surface area (Å²) in [6.07, 6.45) is -3.16. The summed E-state index contributed by atoms with van der Waals surface area (Å²) in [4.78, 5) is 159. The van der Waals surface area contributed by atoms with Crippen LogP contribution in [0.3, 0.4) is 0 Å². The van der Waals surface area contributed by atoms with E-state index in [0.717, 1.165) is 21.4 Å². The van der Waals surface area contributed by atoms with Gasteiger partial charge < -0.3 is 68.5 Å². The number of ketones is 5. The van der Waals surface area contributed by atoms with Gasteiger partial charge in [-0.15, -0.1) is 0 Å². The van der Waals surface area contributed by atoms with Crippen LogP contribution in [0.2, 0.25) is 0 Å². The Balaban J connectivity index is 1.28. The number of nitrogens with one attached hydrogen (secondary N) is 5. The number of Topliss-reactive ketones (excluding diaryl/α,β-unsaturated/α-hetero) is 5. The first-order valence-electron chi connectivity index (χ1n) is 29.8.